The Morgan fingerprint density at radius 3 is 1.75 bits per heavy atom. The van der Waals surface area contributed by atoms with Crippen molar-refractivity contribution < 1.29 is 0 Å². The van der Waals surface area contributed by atoms with Crippen LogP contribution in [0.2, 0.25) is 0 Å². The molecule has 0 saturated carbocycles. The molecule has 0 radical (unpaired) electrons. The van der Waals surface area contributed by atoms with E-state index in [9.17, 15) is 0 Å². The number of rotatable bonds is 0. The van der Waals surface area contributed by atoms with Crippen LogP contribution < -0.4 is 11.0 Å². The summed E-state index contributed by atoms with van der Waals surface area (Å²) >= 11 is 0. The second-order valence-corrected chi connectivity index (χ2v) is 2.29. The third-order valence-electron chi connectivity index (χ3n) is 1.62. The first-order chi connectivity index (χ1) is 5.95. The van der Waals surface area contributed by atoms with E-state index in [-0.39, 0.29) is 0 Å². The van der Waals surface area contributed by atoms with E-state index in [1.54, 1.807) is 0 Å². The average Bonchev–Trinajstić information content (AvgIpc) is 2.71. The van der Waals surface area contributed by atoms with Crippen molar-refractivity contribution in [3.05, 3.63) is 11.0 Å². The topological polar surface area (TPSA) is 75.2 Å². The van der Waals surface area contributed by atoms with E-state index in [1.165, 1.54) is 12.7 Å². The Morgan fingerprint density at radius 2 is 1.25 bits per heavy atom. The zero-order chi connectivity index (χ0) is 7.97. The molecule has 2 aliphatic rings. The highest BCUT2D eigenvalue weighted by atomic mass is 15.2. The molecule has 56 valence electrons. The van der Waals surface area contributed by atoms with E-state index in [2.05, 4.69) is 30.2 Å². The zero-order valence-electron chi connectivity index (χ0n) is 5.84. The van der Waals surface area contributed by atoms with E-state index >= 15 is 0 Å². The van der Waals surface area contributed by atoms with Gasteiger partial charge in [-0.2, -0.15) is 0 Å². The van der Waals surface area contributed by atoms with E-state index in [1.807, 2.05) is 0 Å². The maximum atomic E-state index is 4.00. The molecule has 12 heavy (non-hydrogen) atoms. The lowest BCUT2D eigenvalue weighted by Crippen LogP contribution is -2.17. The summed E-state index contributed by atoms with van der Waals surface area (Å²) < 4.78 is 0. The van der Waals surface area contributed by atoms with Crippen LogP contribution in [0.25, 0.3) is 0 Å². The zero-order valence-corrected chi connectivity index (χ0v) is 5.84. The average molecular weight is 158 g/mol. The van der Waals surface area contributed by atoms with Gasteiger partial charge in [0.2, 0.25) is 11.0 Å². The van der Waals surface area contributed by atoms with E-state index in [0.29, 0.717) is 22.4 Å². The number of aromatic nitrogens is 2. The number of hydrogen-bond donors (Lipinski definition) is 0. The Kier molecular flexibility index (Phi) is 0.840. The van der Waals surface area contributed by atoms with Crippen LogP contribution in [0, 0.1) is 0 Å². The standard InChI is InChI=1S/C6H2N6/c1-7-3-4-6(10-2-8-4)12-11-5(3)9-1/h1-2H. The fourth-order valence-electron chi connectivity index (χ4n) is 1.10. The van der Waals surface area contributed by atoms with Gasteiger partial charge in [-0.1, -0.05) is 0 Å². The first-order valence-corrected chi connectivity index (χ1v) is 3.32. The fraction of sp³-hybridized carbons (Fsp3) is 0. The molecule has 2 aliphatic heterocycles. The largest absolute Gasteiger partial charge is 0.230 e. The smallest absolute Gasteiger partial charge is 0.204 e. The lowest BCUT2D eigenvalue weighted by Gasteiger charge is -1.89. The lowest BCUT2D eigenvalue weighted by molar-refractivity contribution is 0.928. The Labute approximate surface area is 66.1 Å². The summed E-state index contributed by atoms with van der Waals surface area (Å²) in [4.78, 5) is 15.8. The minimum absolute atomic E-state index is 0.517. The normalized spacial score (nSPS) is 15.3. The van der Waals surface area contributed by atoms with Crippen molar-refractivity contribution in [2.45, 2.75) is 0 Å². The van der Waals surface area contributed by atoms with Crippen molar-refractivity contribution in [3.63, 3.8) is 0 Å². The molecule has 0 aromatic carbocycles. The molecular formula is C6H2N6. The number of hydrogen-bond acceptors (Lipinski definition) is 6. The third-order valence-corrected chi connectivity index (χ3v) is 1.62. The van der Waals surface area contributed by atoms with Crippen LogP contribution >= 0.6 is 0 Å². The summed E-state index contributed by atoms with van der Waals surface area (Å²) in [6.45, 7) is 0. The van der Waals surface area contributed by atoms with Gasteiger partial charge in [0.05, 0.1) is 0 Å². The molecule has 1 aromatic rings. The number of fused-ring (bicyclic) bond motifs is 3. The first kappa shape index (κ1) is 5.64. The van der Waals surface area contributed by atoms with Crippen molar-refractivity contribution in [3.8, 4) is 0 Å². The molecular weight excluding hydrogens is 156 g/mol. The predicted molar refractivity (Wildman–Crippen MR) is 40.6 cm³/mol. The molecule has 0 unspecified atom stereocenters. The van der Waals surface area contributed by atoms with Gasteiger partial charge in [-0.3, -0.25) is 0 Å². The van der Waals surface area contributed by atoms with Gasteiger partial charge in [0.15, 0.2) is 0 Å². The summed E-state index contributed by atoms with van der Waals surface area (Å²) in [5.74, 6) is 0. The van der Waals surface area contributed by atoms with Gasteiger partial charge in [-0.15, -0.1) is 10.2 Å². The first-order valence-electron chi connectivity index (χ1n) is 3.32. The number of nitrogens with zero attached hydrogens (tertiary/aromatic N) is 6. The van der Waals surface area contributed by atoms with Gasteiger partial charge in [0, 0.05) is 0 Å². The summed E-state index contributed by atoms with van der Waals surface area (Å²) in [7, 11) is 0. The molecule has 0 fully saturated rings. The van der Waals surface area contributed by atoms with Crippen molar-refractivity contribution >= 4 is 24.1 Å². The SMILES string of the molecule is C1=Nc2c3c(nnc2=N1)=NC=N3. The maximum Gasteiger partial charge on any atom is 0.204 e. The molecule has 6 nitrogen and oxygen atoms in total. The van der Waals surface area contributed by atoms with Crippen LogP contribution in [-0.4, -0.2) is 22.9 Å². The molecule has 3 rings (SSSR count). The van der Waals surface area contributed by atoms with Gasteiger partial charge in [0.1, 0.15) is 24.1 Å². The molecule has 0 atom stereocenters. The van der Waals surface area contributed by atoms with Crippen LogP contribution in [0.15, 0.2) is 20.0 Å². The molecule has 0 amide bonds. The highest BCUT2D eigenvalue weighted by Crippen LogP contribution is 2.20. The minimum Gasteiger partial charge on any atom is -0.230 e. The lowest BCUT2D eigenvalue weighted by atomic mass is 10.4. The predicted octanol–water partition coefficient (Wildman–Crippen LogP) is -0.937. The second kappa shape index (κ2) is 1.79. The van der Waals surface area contributed by atoms with E-state index in [0.717, 1.165) is 0 Å². The van der Waals surface area contributed by atoms with E-state index in [4.69, 9.17) is 0 Å². The Bertz CT molecular complexity index is 477. The van der Waals surface area contributed by atoms with Crippen molar-refractivity contribution in [1.82, 2.24) is 10.2 Å². The monoisotopic (exact) mass is 158 g/mol. The number of aliphatic imine (C=N–C) groups is 2. The summed E-state index contributed by atoms with van der Waals surface area (Å²) in [6, 6.07) is 0. The van der Waals surface area contributed by atoms with Crippen LogP contribution in [0.5, 0.6) is 0 Å². The molecule has 0 bridgehead atoms. The molecule has 3 heterocycles. The molecule has 1 aromatic heterocycles. The molecule has 6 heteroatoms. The van der Waals surface area contributed by atoms with Gasteiger partial charge in [-0.05, 0) is 0 Å². The Morgan fingerprint density at radius 1 is 0.750 bits per heavy atom. The molecule has 0 N–H and O–H groups in total. The highest BCUT2D eigenvalue weighted by Gasteiger charge is 2.13. The summed E-state index contributed by atoms with van der Waals surface area (Å²) in [6.07, 6.45) is 2.88. The Balaban J connectivity index is 2.57. The van der Waals surface area contributed by atoms with Gasteiger partial charge < -0.3 is 0 Å². The second-order valence-electron chi connectivity index (χ2n) is 2.29. The molecule has 0 aliphatic carbocycles. The van der Waals surface area contributed by atoms with Gasteiger partial charge >= 0.3 is 0 Å². The van der Waals surface area contributed by atoms with Gasteiger partial charge in [0.25, 0.3) is 0 Å². The van der Waals surface area contributed by atoms with Crippen molar-refractivity contribution in [2.24, 2.45) is 20.0 Å². The maximum absolute atomic E-state index is 4.00. The van der Waals surface area contributed by atoms with E-state index < -0.39 is 0 Å². The summed E-state index contributed by atoms with van der Waals surface area (Å²) in [5, 5.41) is 7.63. The molecule has 0 spiro atoms. The van der Waals surface area contributed by atoms with Crippen molar-refractivity contribution in [1.29, 1.82) is 0 Å². The summed E-state index contributed by atoms with van der Waals surface area (Å²) in [5.41, 5.74) is 2.36. The van der Waals surface area contributed by atoms with Crippen LogP contribution in [-0.2, 0) is 0 Å². The van der Waals surface area contributed by atoms with Crippen LogP contribution in [0.3, 0.4) is 0 Å². The fourth-order valence-corrected chi connectivity index (χ4v) is 1.10. The Hall–Kier alpha value is -1.98. The van der Waals surface area contributed by atoms with Crippen molar-refractivity contribution in [2.75, 3.05) is 0 Å². The van der Waals surface area contributed by atoms with Crippen LogP contribution in [0.1, 0.15) is 0 Å². The minimum atomic E-state index is 0.517. The van der Waals surface area contributed by atoms with Crippen LogP contribution in [0.4, 0.5) is 11.4 Å². The quantitative estimate of drug-likeness (QED) is 0.488. The highest BCUT2D eigenvalue weighted by molar-refractivity contribution is 5.77. The van der Waals surface area contributed by atoms with Gasteiger partial charge in [-0.25, -0.2) is 20.0 Å². The molecule has 0 saturated heterocycles. The third kappa shape index (κ3) is 0.541.